The summed E-state index contributed by atoms with van der Waals surface area (Å²) in [6.07, 6.45) is 3.88. The molecule has 2 aliphatic heterocycles. The van der Waals surface area contributed by atoms with Crippen LogP contribution in [0, 0.1) is 0 Å². The topological polar surface area (TPSA) is 101 Å². The molecule has 0 radical (unpaired) electrons. The van der Waals surface area contributed by atoms with Crippen LogP contribution in [0.15, 0.2) is 34.2 Å². The standard InChI is InChI=1S/C18H28N4O4S.HI/c1-19-18(22-16-11-14-6-7-17(16)26-14)20-12-13-4-3-5-15(10-13)27(23,24)21-8-9-25-2;/h3-5,10,14,16-17,21H,6-9,11-12H2,1-2H3,(H2,19,20,22);1H. The molecule has 2 saturated heterocycles. The Morgan fingerprint density at radius 3 is 2.82 bits per heavy atom. The predicted molar refractivity (Wildman–Crippen MR) is 119 cm³/mol. The molecule has 10 heteroatoms. The number of fused-ring (bicyclic) bond motifs is 2. The Hall–Kier alpha value is -0.950. The highest BCUT2D eigenvalue weighted by Gasteiger charge is 2.41. The van der Waals surface area contributed by atoms with Gasteiger partial charge in [-0.2, -0.15) is 0 Å². The van der Waals surface area contributed by atoms with E-state index < -0.39 is 10.0 Å². The van der Waals surface area contributed by atoms with E-state index >= 15 is 0 Å². The van der Waals surface area contributed by atoms with Crippen LogP contribution in [0.3, 0.4) is 0 Å². The van der Waals surface area contributed by atoms with Crippen molar-refractivity contribution >= 4 is 40.0 Å². The molecule has 2 aliphatic rings. The van der Waals surface area contributed by atoms with Crippen molar-refractivity contribution in [2.45, 2.75) is 49.0 Å². The van der Waals surface area contributed by atoms with E-state index in [1.807, 2.05) is 6.07 Å². The molecule has 2 bridgehead atoms. The zero-order valence-electron chi connectivity index (χ0n) is 16.2. The molecule has 0 aliphatic carbocycles. The molecule has 28 heavy (non-hydrogen) atoms. The first kappa shape index (κ1) is 23.3. The summed E-state index contributed by atoms with van der Waals surface area (Å²) in [4.78, 5) is 4.50. The Morgan fingerprint density at radius 2 is 2.18 bits per heavy atom. The number of nitrogens with zero attached hydrogens (tertiary/aromatic N) is 1. The molecular weight excluding hydrogens is 495 g/mol. The summed E-state index contributed by atoms with van der Waals surface area (Å²) in [6, 6.07) is 7.15. The Bertz CT molecular complexity index is 775. The summed E-state index contributed by atoms with van der Waals surface area (Å²) in [7, 11) is -0.286. The molecule has 0 spiro atoms. The lowest BCUT2D eigenvalue weighted by Gasteiger charge is -2.22. The molecular formula is C18H29IN4O4S. The van der Waals surface area contributed by atoms with Crippen LogP contribution >= 0.6 is 24.0 Å². The molecule has 0 aromatic heterocycles. The van der Waals surface area contributed by atoms with Crippen molar-refractivity contribution in [2.75, 3.05) is 27.3 Å². The lowest BCUT2D eigenvalue weighted by molar-refractivity contribution is 0.0992. The number of guanidine groups is 1. The molecule has 158 valence electrons. The molecule has 8 nitrogen and oxygen atoms in total. The van der Waals surface area contributed by atoms with E-state index in [2.05, 4.69) is 20.3 Å². The number of rotatable bonds is 8. The fourth-order valence-corrected chi connectivity index (χ4v) is 4.61. The monoisotopic (exact) mass is 524 g/mol. The van der Waals surface area contributed by atoms with Crippen LogP contribution < -0.4 is 15.4 Å². The Kier molecular flexibility index (Phi) is 8.93. The van der Waals surface area contributed by atoms with Crippen LogP contribution in [-0.2, 0) is 26.0 Å². The van der Waals surface area contributed by atoms with Gasteiger partial charge in [0.1, 0.15) is 0 Å². The smallest absolute Gasteiger partial charge is 0.240 e. The number of aliphatic imine (C=N–C) groups is 1. The van der Waals surface area contributed by atoms with Crippen LogP contribution in [0.2, 0.25) is 0 Å². The van der Waals surface area contributed by atoms with Gasteiger partial charge < -0.3 is 20.1 Å². The second kappa shape index (κ2) is 10.7. The van der Waals surface area contributed by atoms with Gasteiger partial charge in [-0.05, 0) is 37.0 Å². The average molecular weight is 524 g/mol. The van der Waals surface area contributed by atoms with Crippen LogP contribution in [0.4, 0.5) is 0 Å². The predicted octanol–water partition coefficient (Wildman–Crippen LogP) is 1.21. The largest absolute Gasteiger partial charge is 0.383 e. The normalized spacial score (nSPS) is 24.1. The third-order valence-corrected chi connectivity index (χ3v) is 6.38. The number of halogens is 1. The van der Waals surface area contributed by atoms with Gasteiger partial charge in [-0.3, -0.25) is 4.99 Å². The highest BCUT2D eigenvalue weighted by molar-refractivity contribution is 14.0. The Morgan fingerprint density at radius 1 is 1.36 bits per heavy atom. The van der Waals surface area contributed by atoms with Gasteiger partial charge in [-0.1, -0.05) is 12.1 Å². The lowest BCUT2D eigenvalue weighted by Crippen LogP contribution is -2.47. The van der Waals surface area contributed by atoms with Crippen LogP contribution in [0.5, 0.6) is 0 Å². The van der Waals surface area contributed by atoms with Gasteiger partial charge in [-0.15, -0.1) is 24.0 Å². The Balaban J connectivity index is 0.00000280. The molecule has 3 atom stereocenters. The quantitative estimate of drug-likeness (QED) is 0.205. The van der Waals surface area contributed by atoms with Crippen molar-refractivity contribution < 1.29 is 17.9 Å². The van der Waals surface area contributed by atoms with Crippen molar-refractivity contribution in [1.82, 2.24) is 15.4 Å². The van der Waals surface area contributed by atoms with E-state index in [-0.39, 0.29) is 47.6 Å². The fourth-order valence-electron chi connectivity index (χ4n) is 3.53. The minimum Gasteiger partial charge on any atom is -0.383 e. The summed E-state index contributed by atoms with van der Waals surface area (Å²) in [5, 5.41) is 6.67. The van der Waals surface area contributed by atoms with E-state index in [4.69, 9.17) is 9.47 Å². The summed E-state index contributed by atoms with van der Waals surface area (Å²) in [5.41, 5.74) is 0.858. The second-order valence-corrected chi connectivity index (χ2v) is 8.59. The first-order valence-electron chi connectivity index (χ1n) is 9.22. The summed E-state index contributed by atoms with van der Waals surface area (Å²) >= 11 is 0. The lowest BCUT2D eigenvalue weighted by atomic mass is 9.96. The number of ether oxygens (including phenoxy) is 2. The highest BCUT2D eigenvalue weighted by Crippen LogP contribution is 2.34. The van der Waals surface area contributed by atoms with Gasteiger partial charge in [-0.25, -0.2) is 13.1 Å². The van der Waals surface area contributed by atoms with Gasteiger partial charge in [0, 0.05) is 27.2 Å². The fraction of sp³-hybridized carbons (Fsp3) is 0.611. The van der Waals surface area contributed by atoms with Crippen LogP contribution in [0.1, 0.15) is 24.8 Å². The van der Waals surface area contributed by atoms with Crippen molar-refractivity contribution in [2.24, 2.45) is 4.99 Å². The average Bonchev–Trinajstić information content (AvgIpc) is 3.28. The SMILES string of the molecule is CN=C(NCc1cccc(S(=O)(=O)NCCOC)c1)NC1CC2CCC1O2.I. The molecule has 2 heterocycles. The van der Waals surface area contributed by atoms with Gasteiger partial charge in [0.05, 0.1) is 29.8 Å². The highest BCUT2D eigenvalue weighted by atomic mass is 127. The zero-order valence-corrected chi connectivity index (χ0v) is 19.3. The van der Waals surface area contributed by atoms with E-state index in [1.165, 1.54) is 7.11 Å². The van der Waals surface area contributed by atoms with Crippen LogP contribution in [0.25, 0.3) is 0 Å². The number of hydrogen-bond acceptors (Lipinski definition) is 5. The van der Waals surface area contributed by atoms with E-state index in [9.17, 15) is 8.42 Å². The zero-order chi connectivity index (χ0) is 19.3. The maximum Gasteiger partial charge on any atom is 0.240 e. The molecule has 3 rings (SSSR count). The molecule has 2 fully saturated rings. The van der Waals surface area contributed by atoms with E-state index in [1.54, 1.807) is 25.2 Å². The minimum absolute atomic E-state index is 0. The molecule has 0 amide bonds. The van der Waals surface area contributed by atoms with Crippen molar-refractivity contribution in [3.63, 3.8) is 0 Å². The maximum absolute atomic E-state index is 12.3. The number of sulfonamides is 1. The van der Waals surface area contributed by atoms with Crippen molar-refractivity contribution in [3.8, 4) is 0 Å². The third kappa shape index (κ3) is 6.02. The summed E-state index contributed by atoms with van der Waals surface area (Å²) in [5.74, 6) is 0.697. The van der Waals surface area contributed by atoms with Gasteiger partial charge in [0.15, 0.2) is 5.96 Å². The first-order valence-corrected chi connectivity index (χ1v) is 10.7. The molecule has 1 aromatic carbocycles. The molecule has 1 aromatic rings. The number of hydrogen-bond donors (Lipinski definition) is 3. The molecule has 3 N–H and O–H groups in total. The van der Waals surface area contributed by atoms with E-state index in [0.717, 1.165) is 24.8 Å². The van der Waals surface area contributed by atoms with Gasteiger partial charge in [0.25, 0.3) is 0 Å². The molecule has 3 unspecified atom stereocenters. The molecule has 0 saturated carbocycles. The number of nitrogens with one attached hydrogen (secondary N) is 3. The third-order valence-electron chi connectivity index (χ3n) is 4.92. The minimum atomic E-state index is -3.54. The second-order valence-electron chi connectivity index (χ2n) is 6.82. The summed E-state index contributed by atoms with van der Waals surface area (Å²) < 4.78 is 37.9. The number of benzene rings is 1. The van der Waals surface area contributed by atoms with Gasteiger partial charge in [0.2, 0.25) is 10.0 Å². The summed E-state index contributed by atoms with van der Waals surface area (Å²) in [6.45, 7) is 1.04. The van der Waals surface area contributed by atoms with Crippen molar-refractivity contribution in [1.29, 1.82) is 0 Å². The van der Waals surface area contributed by atoms with Gasteiger partial charge >= 0.3 is 0 Å². The van der Waals surface area contributed by atoms with Crippen molar-refractivity contribution in [3.05, 3.63) is 29.8 Å². The van der Waals surface area contributed by atoms with Crippen LogP contribution in [-0.4, -0.2) is 59.9 Å². The first-order chi connectivity index (χ1) is 13.0. The Labute approximate surface area is 183 Å². The number of methoxy groups -OCH3 is 1. The van der Waals surface area contributed by atoms with E-state index in [0.29, 0.717) is 25.2 Å². The maximum atomic E-state index is 12.3.